The van der Waals surface area contributed by atoms with Crippen molar-refractivity contribution in [3.63, 3.8) is 0 Å². The lowest BCUT2D eigenvalue weighted by atomic mass is 10.0. The van der Waals surface area contributed by atoms with Crippen molar-refractivity contribution in [1.29, 1.82) is 5.26 Å². The van der Waals surface area contributed by atoms with Crippen molar-refractivity contribution in [2.45, 2.75) is 31.8 Å². The molecular formula is C14H17N3O. The summed E-state index contributed by atoms with van der Waals surface area (Å²) in [5.41, 5.74) is 1.65. The van der Waals surface area contributed by atoms with E-state index in [9.17, 15) is 4.79 Å². The van der Waals surface area contributed by atoms with Crippen LogP contribution in [-0.2, 0) is 11.3 Å². The third-order valence-electron chi connectivity index (χ3n) is 3.18. The molecule has 0 unspecified atom stereocenters. The van der Waals surface area contributed by atoms with E-state index >= 15 is 0 Å². The summed E-state index contributed by atoms with van der Waals surface area (Å²) in [4.78, 5) is 11.9. The fourth-order valence-electron chi connectivity index (χ4n) is 2.09. The van der Waals surface area contributed by atoms with Gasteiger partial charge in [0.25, 0.3) is 0 Å². The largest absolute Gasteiger partial charge is 0.351 e. The molecule has 0 aliphatic carbocycles. The normalized spacial score (nSPS) is 18.9. The second-order valence-corrected chi connectivity index (χ2v) is 4.53. The van der Waals surface area contributed by atoms with Crippen molar-refractivity contribution in [2.75, 3.05) is 6.54 Å². The number of rotatable bonds is 3. The fraction of sp³-hybridized carbons (Fsp3) is 0.429. The van der Waals surface area contributed by atoms with Crippen LogP contribution in [0, 0.1) is 11.3 Å². The zero-order valence-corrected chi connectivity index (χ0v) is 10.3. The molecule has 1 aromatic carbocycles. The molecule has 2 rings (SSSR count). The van der Waals surface area contributed by atoms with Crippen molar-refractivity contribution in [3.05, 3.63) is 35.4 Å². The van der Waals surface area contributed by atoms with Crippen LogP contribution >= 0.6 is 0 Å². The monoisotopic (exact) mass is 243 g/mol. The predicted octanol–water partition coefficient (Wildman–Crippen LogP) is 1.32. The van der Waals surface area contributed by atoms with Crippen LogP contribution < -0.4 is 10.6 Å². The Morgan fingerprint density at radius 1 is 1.39 bits per heavy atom. The highest BCUT2D eigenvalue weighted by molar-refractivity contribution is 5.81. The van der Waals surface area contributed by atoms with Gasteiger partial charge in [0, 0.05) is 6.54 Å². The van der Waals surface area contributed by atoms with E-state index in [2.05, 4.69) is 16.7 Å². The Morgan fingerprint density at radius 2 is 2.17 bits per heavy atom. The highest BCUT2D eigenvalue weighted by atomic mass is 16.2. The zero-order valence-electron chi connectivity index (χ0n) is 10.3. The van der Waals surface area contributed by atoms with Crippen molar-refractivity contribution in [1.82, 2.24) is 10.6 Å². The molecule has 0 spiro atoms. The van der Waals surface area contributed by atoms with Crippen LogP contribution in [-0.4, -0.2) is 18.5 Å². The van der Waals surface area contributed by atoms with Crippen LogP contribution in [0.15, 0.2) is 24.3 Å². The zero-order chi connectivity index (χ0) is 12.8. The first kappa shape index (κ1) is 12.6. The Bertz CT molecular complexity index is 441. The second kappa shape index (κ2) is 6.18. The molecule has 1 atom stereocenters. The van der Waals surface area contributed by atoms with Crippen molar-refractivity contribution in [2.24, 2.45) is 0 Å². The van der Waals surface area contributed by atoms with E-state index in [4.69, 9.17) is 5.26 Å². The molecule has 1 aliphatic heterocycles. The first-order valence-electron chi connectivity index (χ1n) is 6.30. The number of carbonyl (C=O) groups excluding carboxylic acids is 1. The van der Waals surface area contributed by atoms with Crippen molar-refractivity contribution < 1.29 is 4.79 Å². The number of piperidine rings is 1. The maximum absolute atomic E-state index is 11.9. The molecule has 4 nitrogen and oxygen atoms in total. The van der Waals surface area contributed by atoms with Gasteiger partial charge >= 0.3 is 0 Å². The summed E-state index contributed by atoms with van der Waals surface area (Å²) in [7, 11) is 0. The summed E-state index contributed by atoms with van der Waals surface area (Å²) < 4.78 is 0. The van der Waals surface area contributed by atoms with Crippen LogP contribution in [0.2, 0.25) is 0 Å². The number of hydrogen-bond acceptors (Lipinski definition) is 3. The smallest absolute Gasteiger partial charge is 0.237 e. The van der Waals surface area contributed by atoms with E-state index in [0.29, 0.717) is 12.1 Å². The van der Waals surface area contributed by atoms with Crippen LogP contribution in [0.1, 0.15) is 30.4 Å². The lowest BCUT2D eigenvalue weighted by molar-refractivity contribution is -0.123. The molecule has 0 radical (unpaired) electrons. The number of nitrogens with zero attached hydrogens (tertiary/aromatic N) is 1. The molecule has 18 heavy (non-hydrogen) atoms. The summed E-state index contributed by atoms with van der Waals surface area (Å²) in [6, 6.07) is 9.29. The van der Waals surface area contributed by atoms with Gasteiger partial charge in [-0.2, -0.15) is 5.26 Å². The molecule has 2 N–H and O–H groups in total. The van der Waals surface area contributed by atoms with Crippen molar-refractivity contribution >= 4 is 5.91 Å². The van der Waals surface area contributed by atoms with Gasteiger partial charge in [0.15, 0.2) is 0 Å². The Morgan fingerprint density at radius 3 is 2.78 bits per heavy atom. The van der Waals surface area contributed by atoms with Gasteiger partial charge in [-0.25, -0.2) is 0 Å². The van der Waals surface area contributed by atoms with Crippen LogP contribution in [0.3, 0.4) is 0 Å². The molecule has 0 bridgehead atoms. The molecule has 4 heteroatoms. The number of amides is 1. The molecule has 1 aromatic rings. The Hall–Kier alpha value is -1.86. The van der Waals surface area contributed by atoms with Gasteiger partial charge < -0.3 is 10.6 Å². The maximum Gasteiger partial charge on any atom is 0.237 e. The first-order valence-corrected chi connectivity index (χ1v) is 6.30. The summed E-state index contributed by atoms with van der Waals surface area (Å²) in [6.07, 6.45) is 3.18. The number of carbonyl (C=O) groups is 1. The molecule has 1 heterocycles. The number of nitrogens with one attached hydrogen (secondary N) is 2. The number of hydrogen-bond donors (Lipinski definition) is 2. The van der Waals surface area contributed by atoms with E-state index < -0.39 is 0 Å². The van der Waals surface area contributed by atoms with Crippen LogP contribution in [0.5, 0.6) is 0 Å². The molecular weight excluding hydrogens is 226 g/mol. The minimum Gasteiger partial charge on any atom is -0.351 e. The Labute approximate surface area is 107 Å². The minimum atomic E-state index is -0.0443. The molecule has 1 amide bonds. The fourth-order valence-corrected chi connectivity index (χ4v) is 2.09. The third kappa shape index (κ3) is 3.31. The molecule has 94 valence electrons. The SMILES string of the molecule is N#Cc1ccc(CNC(=O)[C@@H]2CCCCN2)cc1. The molecule has 0 saturated carbocycles. The highest BCUT2D eigenvalue weighted by Crippen LogP contribution is 2.07. The van der Waals surface area contributed by atoms with E-state index in [-0.39, 0.29) is 11.9 Å². The summed E-state index contributed by atoms with van der Waals surface area (Å²) in [5.74, 6) is 0.0686. The molecule has 0 aromatic heterocycles. The van der Waals surface area contributed by atoms with Gasteiger partial charge in [0.05, 0.1) is 17.7 Å². The van der Waals surface area contributed by atoms with E-state index in [1.165, 1.54) is 0 Å². The number of benzene rings is 1. The number of nitriles is 1. The molecule has 1 aliphatic rings. The second-order valence-electron chi connectivity index (χ2n) is 4.53. The van der Waals surface area contributed by atoms with Gasteiger partial charge in [0.2, 0.25) is 5.91 Å². The van der Waals surface area contributed by atoms with E-state index in [1.54, 1.807) is 12.1 Å². The van der Waals surface area contributed by atoms with Gasteiger partial charge in [-0.1, -0.05) is 18.6 Å². The van der Waals surface area contributed by atoms with Gasteiger partial charge in [-0.3, -0.25) is 4.79 Å². The summed E-state index contributed by atoms with van der Waals surface area (Å²) in [5, 5.41) is 14.8. The predicted molar refractivity (Wildman–Crippen MR) is 68.6 cm³/mol. The summed E-state index contributed by atoms with van der Waals surface area (Å²) >= 11 is 0. The van der Waals surface area contributed by atoms with Gasteiger partial charge in [0.1, 0.15) is 0 Å². The topological polar surface area (TPSA) is 64.9 Å². The quantitative estimate of drug-likeness (QED) is 0.841. The molecule has 1 fully saturated rings. The van der Waals surface area contributed by atoms with Crippen LogP contribution in [0.4, 0.5) is 0 Å². The lowest BCUT2D eigenvalue weighted by Crippen LogP contribution is -2.46. The lowest BCUT2D eigenvalue weighted by Gasteiger charge is -2.22. The molecule has 1 saturated heterocycles. The van der Waals surface area contributed by atoms with Crippen molar-refractivity contribution in [3.8, 4) is 6.07 Å². The van der Waals surface area contributed by atoms with E-state index in [1.807, 2.05) is 12.1 Å². The standard InChI is InChI=1S/C14H17N3O/c15-9-11-4-6-12(7-5-11)10-17-14(18)13-3-1-2-8-16-13/h4-7,13,16H,1-3,8,10H2,(H,17,18)/t13-/m0/s1. The minimum absolute atomic E-state index is 0.0443. The first-order chi connectivity index (χ1) is 8.79. The van der Waals surface area contributed by atoms with Crippen LogP contribution in [0.25, 0.3) is 0 Å². The van der Waals surface area contributed by atoms with Gasteiger partial charge in [-0.05, 0) is 37.1 Å². The van der Waals surface area contributed by atoms with Gasteiger partial charge in [-0.15, -0.1) is 0 Å². The maximum atomic E-state index is 11.9. The third-order valence-corrected chi connectivity index (χ3v) is 3.18. The Balaban J connectivity index is 1.83. The average Bonchev–Trinajstić information content (AvgIpc) is 2.46. The Kier molecular flexibility index (Phi) is 4.32. The van der Waals surface area contributed by atoms with E-state index in [0.717, 1.165) is 31.4 Å². The average molecular weight is 243 g/mol. The summed E-state index contributed by atoms with van der Waals surface area (Å²) in [6.45, 7) is 1.44. The highest BCUT2D eigenvalue weighted by Gasteiger charge is 2.19.